The van der Waals surface area contributed by atoms with Crippen molar-refractivity contribution in [2.45, 2.75) is 65.5 Å². The second-order valence-electron chi connectivity index (χ2n) is 10.6. The van der Waals surface area contributed by atoms with Gasteiger partial charge in [-0.1, -0.05) is 32.9 Å². The number of amides is 3. The summed E-state index contributed by atoms with van der Waals surface area (Å²) in [5.74, 6) is 0.442. The van der Waals surface area contributed by atoms with Crippen molar-refractivity contribution in [3.63, 3.8) is 0 Å². The molecule has 1 fully saturated rings. The van der Waals surface area contributed by atoms with Crippen LogP contribution in [0.25, 0.3) is 0 Å². The number of piperidine rings is 1. The molecule has 3 N–H and O–H groups in total. The monoisotopic (exact) mass is 497 g/mol. The number of likely N-dealkylation sites (tertiary alicyclic amines) is 1. The Balaban J connectivity index is 1.77. The lowest BCUT2D eigenvalue weighted by molar-refractivity contribution is -0.138. The van der Waals surface area contributed by atoms with Crippen molar-refractivity contribution in [2.75, 3.05) is 20.2 Å². The second kappa shape index (κ2) is 12.1. The third kappa shape index (κ3) is 7.57. The average Bonchev–Trinajstić information content (AvgIpc) is 3.35. The van der Waals surface area contributed by atoms with E-state index >= 15 is 0 Å². The molecule has 1 aromatic heterocycles. The molecule has 2 heterocycles. The van der Waals surface area contributed by atoms with Crippen molar-refractivity contribution in [3.05, 3.63) is 48.0 Å². The molecule has 0 radical (unpaired) electrons. The fourth-order valence-electron chi connectivity index (χ4n) is 4.73. The van der Waals surface area contributed by atoms with Crippen molar-refractivity contribution in [1.82, 2.24) is 25.5 Å². The molecule has 0 bridgehead atoms. The molecule has 2 atom stereocenters. The van der Waals surface area contributed by atoms with Crippen LogP contribution in [0.1, 0.15) is 51.8 Å². The van der Waals surface area contributed by atoms with Gasteiger partial charge in [-0.2, -0.15) is 0 Å². The predicted molar refractivity (Wildman–Crippen MR) is 137 cm³/mol. The van der Waals surface area contributed by atoms with Crippen LogP contribution in [0, 0.1) is 11.3 Å². The number of nitrogens with zero attached hydrogens (tertiary/aromatic N) is 2. The number of hydrogen-bond acceptors (Lipinski definition) is 5. The van der Waals surface area contributed by atoms with Crippen LogP contribution < -0.4 is 15.4 Å². The van der Waals surface area contributed by atoms with E-state index in [0.717, 1.165) is 24.2 Å². The maximum Gasteiger partial charge on any atom is 0.245 e. The van der Waals surface area contributed by atoms with E-state index in [-0.39, 0.29) is 23.7 Å². The van der Waals surface area contributed by atoms with Gasteiger partial charge in [0, 0.05) is 44.7 Å². The van der Waals surface area contributed by atoms with E-state index < -0.39 is 18.0 Å². The van der Waals surface area contributed by atoms with Crippen molar-refractivity contribution >= 4 is 17.7 Å². The Bertz CT molecular complexity index is 1010. The number of nitrogens with one attached hydrogen (secondary N) is 3. The van der Waals surface area contributed by atoms with Crippen LogP contribution in [-0.4, -0.2) is 64.9 Å². The van der Waals surface area contributed by atoms with E-state index in [1.807, 2.05) is 29.2 Å². The Morgan fingerprint density at radius 2 is 1.75 bits per heavy atom. The summed E-state index contributed by atoms with van der Waals surface area (Å²) in [7, 11) is 1.60. The maximum atomic E-state index is 13.7. The highest BCUT2D eigenvalue weighted by Gasteiger charge is 2.34. The molecule has 3 amide bonds. The van der Waals surface area contributed by atoms with Crippen LogP contribution >= 0.6 is 0 Å². The van der Waals surface area contributed by atoms with Gasteiger partial charge in [-0.05, 0) is 41.9 Å². The third-order valence-corrected chi connectivity index (χ3v) is 6.92. The summed E-state index contributed by atoms with van der Waals surface area (Å²) in [6, 6.07) is 5.88. The number of ether oxygens (including phenoxy) is 1. The van der Waals surface area contributed by atoms with Gasteiger partial charge in [-0.25, -0.2) is 4.98 Å². The second-order valence-corrected chi connectivity index (χ2v) is 10.6. The molecular formula is C27H39N5O4. The van der Waals surface area contributed by atoms with Crippen LogP contribution in [0.2, 0.25) is 0 Å². The number of methoxy groups -OCH3 is 1. The minimum Gasteiger partial charge on any atom is -0.497 e. The lowest BCUT2D eigenvalue weighted by atomic mass is 9.75. The van der Waals surface area contributed by atoms with Gasteiger partial charge in [-0.3, -0.25) is 14.4 Å². The van der Waals surface area contributed by atoms with Crippen molar-refractivity contribution in [2.24, 2.45) is 11.3 Å². The zero-order chi connectivity index (χ0) is 26.3. The van der Waals surface area contributed by atoms with Gasteiger partial charge >= 0.3 is 0 Å². The molecule has 1 saturated heterocycles. The van der Waals surface area contributed by atoms with Gasteiger partial charge in [0.2, 0.25) is 17.7 Å². The Morgan fingerprint density at radius 1 is 1.08 bits per heavy atom. The molecule has 1 aliphatic rings. The lowest BCUT2D eigenvalue weighted by Gasteiger charge is -2.40. The summed E-state index contributed by atoms with van der Waals surface area (Å²) in [5.41, 5.74) is 1.82. The number of benzene rings is 1. The third-order valence-electron chi connectivity index (χ3n) is 6.92. The zero-order valence-corrected chi connectivity index (χ0v) is 22.0. The summed E-state index contributed by atoms with van der Waals surface area (Å²) in [5, 5.41) is 5.64. The Labute approximate surface area is 213 Å². The van der Waals surface area contributed by atoms with E-state index in [1.54, 1.807) is 13.3 Å². The number of aromatic amines is 1. The summed E-state index contributed by atoms with van der Waals surface area (Å²) in [6.07, 6.45) is 5.59. The number of hydrogen-bond donors (Lipinski definition) is 3. The Hall–Kier alpha value is -3.36. The van der Waals surface area contributed by atoms with Crippen LogP contribution in [0.5, 0.6) is 5.75 Å². The summed E-state index contributed by atoms with van der Waals surface area (Å²) >= 11 is 0. The Morgan fingerprint density at radius 3 is 2.28 bits per heavy atom. The number of aromatic nitrogens is 2. The van der Waals surface area contributed by atoms with Crippen molar-refractivity contribution < 1.29 is 19.1 Å². The summed E-state index contributed by atoms with van der Waals surface area (Å²) < 4.78 is 5.24. The Kier molecular flexibility index (Phi) is 9.12. The van der Waals surface area contributed by atoms with E-state index in [2.05, 4.69) is 41.4 Å². The molecule has 36 heavy (non-hydrogen) atoms. The van der Waals surface area contributed by atoms with Gasteiger partial charge in [-0.15, -0.1) is 0 Å². The quantitative estimate of drug-likeness (QED) is 0.492. The first-order valence-electron chi connectivity index (χ1n) is 12.5. The fourth-order valence-corrected chi connectivity index (χ4v) is 4.73. The highest BCUT2D eigenvalue weighted by molar-refractivity contribution is 5.92. The molecule has 1 aromatic carbocycles. The SMILES string of the molecule is COc1ccc(C[C@H](NC(=O)[C@H](Cc2cnc[nH]2)NC(C)=O)C(=O)N2CCC(C(C)(C)C)CC2)cc1. The minimum absolute atomic E-state index is 0.102. The van der Waals surface area contributed by atoms with Crippen LogP contribution in [0.15, 0.2) is 36.8 Å². The number of H-pyrrole nitrogens is 1. The maximum absolute atomic E-state index is 13.7. The topological polar surface area (TPSA) is 116 Å². The molecule has 9 nitrogen and oxygen atoms in total. The van der Waals surface area contributed by atoms with Gasteiger partial charge in [0.05, 0.1) is 13.4 Å². The van der Waals surface area contributed by atoms with Gasteiger partial charge < -0.3 is 25.3 Å². The number of rotatable bonds is 9. The van der Waals surface area contributed by atoms with Gasteiger partial charge in [0.1, 0.15) is 17.8 Å². The van der Waals surface area contributed by atoms with Gasteiger partial charge in [0.15, 0.2) is 0 Å². The highest BCUT2D eigenvalue weighted by Crippen LogP contribution is 2.34. The molecule has 9 heteroatoms. The summed E-state index contributed by atoms with van der Waals surface area (Å²) in [4.78, 5) is 47.6. The minimum atomic E-state index is -0.833. The molecule has 3 rings (SSSR count). The smallest absolute Gasteiger partial charge is 0.245 e. The van der Waals surface area contributed by atoms with Gasteiger partial charge in [0.25, 0.3) is 0 Å². The van der Waals surface area contributed by atoms with Crippen LogP contribution in [0.3, 0.4) is 0 Å². The standard InChI is InChI=1S/C27H39N5O4/c1-18(33)30-23(15-21-16-28-17-29-21)25(34)31-24(14-19-6-8-22(36-5)9-7-19)26(35)32-12-10-20(11-13-32)27(2,3)4/h6-9,16-17,20,23-24H,10-15H2,1-5H3,(H,28,29)(H,30,33)(H,31,34)/t23-,24-/m0/s1. The van der Waals surface area contributed by atoms with Crippen LogP contribution in [0.4, 0.5) is 0 Å². The largest absolute Gasteiger partial charge is 0.497 e. The molecule has 0 saturated carbocycles. The number of carbonyl (C=O) groups is 3. The molecule has 0 unspecified atom stereocenters. The van der Waals surface area contributed by atoms with E-state index in [0.29, 0.717) is 31.1 Å². The van der Waals surface area contributed by atoms with E-state index in [9.17, 15) is 14.4 Å². The van der Waals surface area contributed by atoms with Crippen molar-refractivity contribution in [3.8, 4) is 5.75 Å². The first kappa shape index (κ1) is 27.2. The molecule has 1 aliphatic heterocycles. The summed E-state index contributed by atoms with van der Waals surface area (Å²) in [6.45, 7) is 9.42. The highest BCUT2D eigenvalue weighted by atomic mass is 16.5. The first-order chi connectivity index (χ1) is 17.1. The number of imidazole rings is 1. The average molecular weight is 498 g/mol. The molecular weight excluding hydrogens is 458 g/mol. The molecule has 2 aromatic rings. The lowest BCUT2D eigenvalue weighted by Crippen LogP contribution is -2.56. The van der Waals surface area contributed by atoms with E-state index in [1.165, 1.54) is 13.3 Å². The molecule has 196 valence electrons. The fraction of sp³-hybridized carbons (Fsp3) is 0.556. The van der Waals surface area contributed by atoms with Crippen molar-refractivity contribution in [1.29, 1.82) is 0 Å². The van der Waals surface area contributed by atoms with Crippen LogP contribution in [-0.2, 0) is 27.2 Å². The first-order valence-corrected chi connectivity index (χ1v) is 12.5. The predicted octanol–water partition coefficient (Wildman–Crippen LogP) is 2.48. The zero-order valence-electron chi connectivity index (χ0n) is 22.0. The normalized spacial score (nSPS) is 16.2. The molecule has 0 spiro atoms. The van der Waals surface area contributed by atoms with E-state index in [4.69, 9.17) is 4.74 Å². The number of carbonyl (C=O) groups excluding carboxylic acids is 3. The molecule has 0 aliphatic carbocycles.